The molecule has 0 saturated carbocycles. The average Bonchev–Trinajstić information content (AvgIpc) is 2.57. The van der Waals surface area contributed by atoms with Gasteiger partial charge in [0.05, 0.1) is 27.7 Å². The second-order valence-electron chi connectivity index (χ2n) is 4.03. The highest BCUT2D eigenvalue weighted by molar-refractivity contribution is 6.31. The molecule has 0 aliphatic rings. The summed E-state index contributed by atoms with van der Waals surface area (Å²) < 4.78 is 1.66. The van der Waals surface area contributed by atoms with Crippen LogP contribution in [0.3, 0.4) is 0 Å². The van der Waals surface area contributed by atoms with E-state index in [0.29, 0.717) is 16.4 Å². The molecule has 0 aliphatic heterocycles. The molecule has 2 aromatic rings. The monoisotopic (exact) mass is 264 g/mol. The number of carbonyl (C=O) groups is 1. The van der Waals surface area contributed by atoms with Crippen LogP contribution in [0.4, 0.5) is 5.69 Å². The number of benzene rings is 1. The number of primary amides is 1. The lowest BCUT2D eigenvalue weighted by Crippen LogP contribution is -2.14. The molecule has 1 amide bonds. The van der Waals surface area contributed by atoms with E-state index in [9.17, 15) is 4.79 Å². The highest BCUT2D eigenvalue weighted by Crippen LogP contribution is 2.24. The summed E-state index contributed by atoms with van der Waals surface area (Å²) in [6, 6.07) is 4.99. The largest absolute Gasteiger partial charge is 0.398 e. The van der Waals surface area contributed by atoms with Crippen molar-refractivity contribution >= 4 is 23.2 Å². The number of rotatable bonds is 2. The van der Waals surface area contributed by atoms with Crippen molar-refractivity contribution in [3.8, 4) is 5.69 Å². The van der Waals surface area contributed by atoms with Gasteiger partial charge in [-0.2, -0.15) is 5.10 Å². The van der Waals surface area contributed by atoms with E-state index in [1.165, 1.54) is 0 Å². The molecule has 0 saturated heterocycles. The Hall–Kier alpha value is -2.01. The van der Waals surface area contributed by atoms with Gasteiger partial charge in [0.1, 0.15) is 0 Å². The first kappa shape index (κ1) is 12.4. The van der Waals surface area contributed by atoms with Crippen molar-refractivity contribution in [3.05, 3.63) is 40.2 Å². The Labute approximate surface area is 109 Å². The summed E-state index contributed by atoms with van der Waals surface area (Å²) in [5.74, 6) is -0.568. The molecule has 18 heavy (non-hydrogen) atoms. The zero-order chi connectivity index (χ0) is 13.4. The number of nitrogens with two attached hydrogens (primary N) is 2. The molecular weight excluding hydrogens is 252 g/mol. The van der Waals surface area contributed by atoms with Gasteiger partial charge >= 0.3 is 0 Å². The predicted octanol–water partition coefficient (Wildman–Crippen LogP) is 1.82. The molecule has 0 fully saturated rings. The number of halogens is 1. The summed E-state index contributed by atoms with van der Waals surface area (Å²) in [6.45, 7) is 3.67. The zero-order valence-corrected chi connectivity index (χ0v) is 10.8. The van der Waals surface area contributed by atoms with Gasteiger partial charge in [-0.25, -0.2) is 4.68 Å². The molecule has 0 unspecified atom stereocenters. The van der Waals surface area contributed by atoms with E-state index >= 15 is 0 Å². The Kier molecular flexibility index (Phi) is 3.00. The Balaban J connectivity index is 2.61. The Morgan fingerprint density at radius 1 is 1.39 bits per heavy atom. The van der Waals surface area contributed by atoms with E-state index in [1.807, 2.05) is 13.8 Å². The zero-order valence-electron chi connectivity index (χ0n) is 10.1. The minimum absolute atomic E-state index is 0.274. The van der Waals surface area contributed by atoms with Crippen molar-refractivity contribution in [2.75, 3.05) is 5.73 Å². The van der Waals surface area contributed by atoms with Gasteiger partial charge in [-0.1, -0.05) is 11.6 Å². The van der Waals surface area contributed by atoms with Crippen LogP contribution in [0.1, 0.15) is 21.7 Å². The number of nitrogen functional groups attached to an aromatic ring is 1. The van der Waals surface area contributed by atoms with Gasteiger partial charge in [0.15, 0.2) is 0 Å². The van der Waals surface area contributed by atoms with E-state index in [1.54, 1.807) is 22.9 Å². The first-order chi connectivity index (χ1) is 8.41. The number of aryl methyl sites for hydroxylation is 1. The van der Waals surface area contributed by atoms with Crippen molar-refractivity contribution < 1.29 is 4.79 Å². The number of nitrogens with zero attached hydrogens (tertiary/aromatic N) is 2. The lowest BCUT2D eigenvalue weighted by Gasteiger charge is -2.07. The summed E-state index contributed by atoms with van der Waals surface area (Å²) in [4.78, 5) is 11.2. The fourth-order valence-corrected chi connectivity index (χ4v) is 1.88. The van der Waals surface area contributed by atoms with E-state index < -0.39 is 5.91 Å². The Morgan fingerprint density at radius 2 is 2.06 bits per heavy atom. The van der Waals surface area contributed by atoms with Crippen LogP contribution in [0, 0.1) is 13.8 Å². The molecule has 1 heterocycles. The van der Waals surface area contributed by atoms with Crippen LogP contribution >= 0.6 is 11.6 Å². The van der Waals surface area contributed by atoms with Gasteiger partial charge < -0.3 is 11.5 Å². The normalized spacial score (nSPS) is 10.6. The van der Waals surface area contributed by atoms with Gasteiger partial charge in [-0.15, -0.1) is 0 Å². The maximum absolute atomic E-state index is 11.2. The van der Waals surface area contributed by atoms with Crippen molar-refractivity contribution in [2.24, 2.45) is 5.73 Å². The first-order valence-corrected chi connectivity index (χ1v) is 5.71. The van der Waals surface area contributed by atoms with E-state index in [-0.39, 0.29) is 5.56 Å². The predicted molar refractivity (Wildman–Crippen MR) is 71.0 cm³/mol. The van der Waals surface area contributed by atoms with E-state index in [0.717, 1.165) is 11.4 Å². The molecule has 0 bridgehead atoms. The lowest BCUT2D eigenvalue weighted by atomic mass is 10.1. The van der Waals surface area contributed by atoms with Crippen LogP contribution < -0.4 is 11.5 Å². The molecule has 2 rings (SSSR count). The summed E-state index contributed by atoms with van der Waals surface area (Å²) in [5, 5.41) is 4.91. The molecule has 5 nitrogen and oxygen atoms in total. The topological polar surface area (TPSA) is 86.9 Å². The molecule has 0 radical (unpaired) electrons. The summed E-state index contributed by atoms with van der Waals surface area (Å²) in [6.07, 6.45) is 0. The fourth-order valence-electron chi connectivity index (χ4n) is 1.76. The Morgan fingerprint density at radius 3 is 2.56 bits per heavy atom. The molecule has 4 N–H and O–H groups in total. The molecule has 94 valence electrons. The van der Waals surface area contributed by atoms with Crippen molar-refractivity contribution in [1.82, 2.24) is 9.78 Å². The lowest BCUT2D eigenvalue weighted by molar-refractivity contribution is 0.100. The molecule has 1 aromatic heterocycles. The molecular formula is C12H13ClN4O. The van der Waals surface area contributed by atoms with Crippen LogP contribution in [0.15, 0.2) is 18.2 Å². The van der Waals surface area contributed by atoms with Gasteiger partial charge in [-0.05, 0) is 32.0 Å². The quantitative estimate of drug-likeness (QED) is 0.811. The van der Waals surface area contributed by atoms with Crippen LogP contribution in [0.2, 0.25) is 5.02 Å². The molecule has 0 aliphatic carbocycles. The number of carbonyl (C=O) groups excluding carboxylic acids is 1. The first-order valence-electron chi connectivity index (χ1n) is 5.33. The smallest absolute Gasteiger partial charge is 0.250 e. The molecule has 0 atom stereocenters. The van der Waals surface area contributed by atoms with E-state index in [2.05, 4.69) is 5.10 Å². The molecule has 0 spiro atoms. The third kappa shape index (κ3) is 1.93. The highest BCUT2D eigenvalue weighted by atomic mass is 35.5. The summed E-state index contributed by atoms with van der Waals surface area (Å²) in [5.41, 5.74) is 13.8. The average molecular weight is 265 g/mol. The standard InChI is InChI=1S/C12H13ClN4O/c1-6-11(13)7(2)17(16-6)8-3-4-10(14)9(5-8)12(15)18/h3-5H,14H2,1-2H3,(H2,15,18). The van der Waals surface area contributed by atoms with Gasteiger partial charge in [0.25, 0.3) is 5.91 Å². The number of hydrogen-bond donors (Lipinski definition) is 2. The van der Waals surface area contributed by atoms with Crippen molar-refractivity contribution in [3.63, 3.8) is 0 Å². The van der Waals surface area contributed by atoms with Gasteiger partial charge in [-0.3, -0.25) is 4.79 Å². The highest BCUT2D eigenvalue weighted by Gasteiger charge is 2.13. The van der Waals surface area contributed by atoms with Crippen LogP contribution in [0.25, 0.3) is 5.69 Å². The summed E-state index contributed by atoms with van der Waals surface area (Å²) >= 11 is 6.08. The molecule has 6 heteroatoms. The van der Waals surface area contributed by atoms with Crippen LogP contribution in [0.5, 0.6) is 0 Å². The van der Waals surface area contributed by atoms with Gasteiger partial charge in [0.2, 0.25) is 0 Å². The van der Waals surface area contributed by atoms with Crippen LogP contribution in [-0.2, 0) is 0 Å². The molecule has 1 aromatic carbocycles. The summed E-state index contributed by atoms with van der Waals surface area (Å²) in [7, 11) is 0. The second kappa shape index (κ2) is 4.34. The number of amides is 1. The van der Waals surface area contributed by atoms with Crippen molar-refractivity contribution in [2.45, 2.75) is 13.8 Å². The number of anilines is 1. The van der Waals surface area contributed by atoms with Crippen LogP contribution in [-0.4, -0.2) is 15.7 Å². The third-order valence-corrected chi connectivity index (χ3v) is 3.30. The fraction of sp³-hybridized carbons (Fsp3) is 0.167. The number of hydrogen-bond acceptors (Lipinski definition) is 3. The maximum atomic E-state index is 11.2. The third-order valence-electron chi connectivity index (χ3n) is 2.75. The number of aromatic nitrogens is 2. The Bertz CT molecular complexity index is 633. The second-order valence-corrected chi connectivity index (χ2v) is 4.41. The SMILES string of the molecule is Cc1nn(-c2ccc(N)c(C(N)=O)c2)c(C)c1Cl. The van der Waals surface area contributed by atoms with E-state index in [4.69, 9.17) is 23.1 Å². The maximum Gasteiger partial charge on any atom is 0.250 e. The van der Waals surface area contributed by atoms with Gasteiger partial charge in [0, 0.05) is 5.69 Å². The minimum atomic E-state index is -0.568. The van der Waals surface area contributed by atoms with Crippen molar-refractivity contribution in [1.29, 1.82) is 0 Å². The minimum Gasteiger partial charge on any atom is -0.398 e.